The first-order valence-corrected chi connectivity index (χ1v) is 8.23. The van der Waals surface area contributed by atoms with Crippen LogP contribution in [0.5, 0.6) is 11.5 Å². The van der Waals surface area contributed by atoms with Crippen LogP contribution in [0.4, 0.5) is 0 Å². The Morgan fingerprint density at radius 1 is 1.25 bits per heavy atom. The molecule has 0 bridgehead atoms. The molecule has 0 aliphatic carbocycles. The molecule has 2 atom stereocenters. The van der Waals surface area contributed by atoms with E-state index < -0.39 is 0 Å². The minimum absolute atomic E-state index is 0. The number of ether oxygens (including phenoxy) is 3. The first-order chi connectivity index (χ1) is 11.2. The Kier molecular flexibility index (Phi) is 7.15. The van der Waals surface area contributed by atoms with Gasteiger partial charge in [-0.2, -0.15) is 0 Å². The van der Waals surface area contributed by atoms with Crippen molar-refractivity contribution in [2.75, 3.05) is 32.9 Å². The minimum atomic E-state index is -0.0807. The Bertz CT molecular complexity index is 549. The molecule has 2 N–H and O–H groups in total. The van der Waals surface area contributed by atoms with Crippen molar-refractivity contribution < 1.29 is 19.0 Å². The van der Waals surface area contributed by atoms with Gasteiger partial charge >= 0.3 is 0 Å². The number of hydrogen-bond donors (Lipinski definition) is 2. The summed E-state index contributed by atoms with van der Waals surface area (Å²) in [7, 11) is 0. The number of nitrogens with one attached hydrogen (secondary N) is 2. The zero-order valence-electron chi connectivity index (χ0n) is 13.9. The average Bonchev–Trinajstić information content (AvgIpc) is 3.07. The lowest BCUT2D eigenvalue weighted by atomic mass is 10.1. The third-order valence-electron chi connectivity index (χ3n) is 4.13. The van der Waals surface area contributed by atoms with Crippen molar-refractivity contribution in [1.82, 2.24) is 10.6 Å². The number of amides is 1. The van der Waals surface area contributed by atoms with Gasteiger partial charge in [-0.15, -0.1) is 12.4 Å². The zero-order valence-corrected chi connectivity index (χ0v) is 14.7. The molecule has 3 rings (SSSR count). The molecule has 2 aliphatic heterocycles. The van der Waals surface area contributed by atoms with Crippen LogP contribution in [-0.2, 0) is 9.53 Å². The number of rotatable bonds is 6. The fraction of sp³-hybridized carbons (Fsp3) is 0.588. The van der Waals surface area contributed by atoms with E-state index in [1.807, 2.05) is 25.1 Å². The maximum absolute atomic E-state index is 12.0. The standard InChI is InChI=1S/C17H24N2O4.ClH/c1-12(13-4-5-15-16(9-13)23-8-7-22-15)19-17(20)11-18-10-14-3-2-6-21-14;/h4-5,9,12,14,18H,2-3,6-8,10-11H2,1H3,(H,19,20);1H. The number of carbonyl (C=O) groups is 1. The lowest BCUT2D eigenvalue weighted by molar-refractivity contribution is -0.120. The predicted octanol–water partition coefficient (Wildman–Crippen LogP) is 1.83. The monoisotopic (exact) mass is 356 g/mol. The van der Waals surface area contributed by atoms with E-state index in [4.69, 9.17) is 14.2 Å². The van der Waals surface area contributed by atoms with Gasteiger partial charge < -0.3 is 24.8 Å². The van der Waals surface area contributed by atoms with E-state index >= 15 is 0 Å². The maximum atomic E-state index is 12.0. The van der Waals surface area contributed by atoms with E-state index in [0.717, 1.165) is 43.1 Å². The van der Waals surface area contributed by atoms with Gasteiger partial charge in [-0.3, -0.25) is 4.79 Å². The van der Waals surface area contributed by atoms with E-state index in [0.29, 0.717) is 19.8 Å². The highest BCUT2D eigenvalue weighted by atomic mass is 35.5. The number of hydrogen-bond acceptors (Lipinski definition) is 5. The first-order valence-electron chi connectivity index (χ1n) is 8.23. The van der Waals surface area contributed by atoms with Crippen LogP contribution >= 0.6 is 12.4 Å². The summed E-state index contributed by atoms with van der Waals surface area (Å²) in [6.07, 6.45) is 2.43. The second-order valence-corrected chi connectivity index (χ2v) is 5.96. The molecule has 134 valence electrons. The molecular weight excluding hydrogens is 332 g/mol. The van der Waals surface area contributed by atoms with E-state index in [9.17, 15) is 4.79 Å². The second kappa shape index (κ2) is 9.11. The second-order valence-electron chi connectivity index (χ2n) is 5.96. The molecule has 7 heteroatoms. The summed E-state index contributed by atoms with van der Waals surface area (Å²) in [6.45, 7) is 4.96. The van der Waals surface area contributed by atoms with Gasteiger partial charge in [-0.1, -0.05) is 6.07 Å². The minimum Gasteiger partial charge on any atom is -0.486 e. The van der Waals surface area contributed by atoms with Crippen LogP contribution in [0.2, 0.25) is 0 Å². The van der Waals surface area contributed by atoms with Crippen molar-refractivity contribution in [3.63, 3.8) is 0 Å². The molecule has 1 aromatic rings. The molecule has 1 amide bonds. The Balaban J connectivity index is 0.00000208. The van der Waals surface area contributed by atoms with Crippen LogP contribution in [-0.4, -0.2) is 44.9 Å². The van der Waals surface area contributed by atoms with Gasteiger partial charge in [0.2, 0.25) is 5.91 Å². The Hall–Kier alpha value is -1.50. The fourth-order valence-corrected chi connectivity index (χ4v) is 2.86. The van der Waals surface area contributed by atoms with E-state index in [1.165, 1.54) is 0 Å². The molecule has 2 heterocycles. The van der Waals surface area contributed by atoms with E-state index in [-0.39, 0.29) is 30.5 Å². The Morgan fingerprint density at radius 2 is 2.04 bits per heavy atom. The topological polar surface area (TPSA) is 68.8 Å². The quantitative estimate of drug-likeness (QED) is 0.813. The van der Waals surface area contributed by atoms with Gasteiger partial charge in [0.25, 0.3) is 0 Å². The van der Waals surface area contributed by atoms with Crippen LogP contribution in [0.3, 0.4) is 0 Å². The number of halogens is 1. The van der Waals surface area contributed by atoms with Gasteiger partial charge in [0.05, 0.1) is 18.7 Å². The van der Waals surface area contributed by atoms with Gasteiger partial charge in [-0.05, 0) is 37.5 Å². The molecule has 0 radical (unpaired) electrons. The molecule has 6 nitrogen and oxygen atoms in total. The van der Waals surface area contributed by atoms with Crippen molar-refractivity contribution in [2.45, 2.75) is 31.9 Å². The molecular formula is C17H25ClN2O4. The number of carbonyl (C=O) groups excluding carboxylic acids is 1. The summed E-state index contributed by atoms with van der Waals surface area (Å²) in [5.41, 5.74) is 1.00. The van der Waals surface area contributed by atoms with Gasteiger partial charge in [0.15, 0.2) is 11.5 Å². The molecule has 0 saturated carbocycles. The normalized spacial score (nSPS) is 20.1. The summed E-state index contributed by atoms with van der Waals surface area (Å²) in [6, 6.07) is 5.70. The molecule has 1 aromatic carbocycles. The number of benzene rings is 1. The molecule has 2 aliphatic rings. The summed E-state index contributed by atoms with van der Waals surface area (Å²) in [5, 5.41) is 6.14. The largest absolute Gasteiger partial charge is 0.486 e. The van der Waals surface area contributed by atoms with Crippen LogP contribution in [0.1, 0.15) is 31.4 Å². The lowest BCUT2D eigenvalue weighted by Crippen LogP contribution is -2.38. The molecule has 24 heavy (non-hydrogen) atoms. The van der Waals surface area contributed by atoms with Crippen LogP contribution in [0.15, 0.2) is 18.2 Å². The molecule has 1 saturated heterocycles. The van der Waals surface area contributed by atoms with Gasteiger partial charge in [0.1, 0.15) is 13.2 Å². The van der Waals surface area contributed by atoms with Crippen molar-refractivity contribution in [3.05, 3.63) is 23.8 Å². The molecule has 1 fully saturated rings. The van der Waals surface area contributed by atoms with Crippen molar-refractivity contribution in [3.8, 4) is 11.5 Å². The van der Waals surface area contributed by atoms with Crippen LogP contribution in [0, 0.1) is 0 Å². The van der Waals surface area contributed by atoms with E-state index in [1.54, 1.807) is 0 Å². The van der Waals surface area contributed by atoms with Gasteiger partial charge in [0, 0.05) is 13.2 Å². The average molecular weight is 357 g/mol. The fourth-order valence-electron chi connectivity index (χ4n) is 2.86. The highest BCUT2D eigenvalue weighted by Gasteiger charge is 2.17. The first kappa shape index (κ1) is 18.8. The van der Waals surface area contributed by atoms with Crippen molar-refractivity contribution >= 4 is 18.3 Å². The zero-order chi connectivity index (χ0) is 16.1. The highest BCUT2D eigenvalue weighted by molar-refractivity contribution is 5.85. The highest BCUT2D eigenvalue weighted by Crippen LogP contribution is 2.32. The number of fused-ring (bicyclic) bond motifs is 1. The molecule has 0 aromatic heterocycles. The summed E-state index contributed by atoms with van der Waals surface area (Å²) < 4.78 is 16.6. The summed E-state index contributed by atoms with van der Waals surface area (Å²) in [5.74, 6) is 1.48. The summed E-state index contributed by atoms with van der Waals surface area (Å²) in [4.78, 5) is 12.0. The predicted molar refractivity (Wildman–Crippen MR) is 93.1 cm³/mol. The van der Waals surface area contributed by atoms with Gasteiger partial charge in [-0.25, -0.2) is 0 Å². The third kappa shape index (κ3) is 5.00. The van der Waals surface area contributed by atoms with Crippen LogP contribution in [0.25, 0.3) is 0 Å². The molecule has 2 unspecified atom stereocenters. The van der Waals surface area contributed by atoms with Crippen molar-refractivity contribution in [1.29, 1.82) is 0 Å². The lowest BCUT2D eigenvalue weighted by Gasteiger charge is -2.21. The maximum Gasteiger partial charge on any atom is 0.234 e. The van der Waals surface area contributed by atoms with Crippen LogP contribution < -0.4 is 20.1 Å². The Labute approximate surface area is 148 Å². The Morgan fingerprint density at radius 3 is 2.79 bits per heavy atom. The smallest absolute Gasteiger partial charge is 0.234 e. The van der Waals surface area contributed by atoms with Crippen molar-refractivity contribution in [2.24, 2.45) is 0 Å². The molecule has 0 spiro atoms. The third-order valence-corrected chi connectivity index (χ3v) is 4.13. The summed E-state index contributed by atoms with van der Waals surface area (Å²) >= 11 is 0. The SMILES string of the molecule is CC(NC(=O)CNCC1CCCO1)c1ccc2c(c1)OCCO2.Cl. The van der Waals surface area contributed by atoms with E-state index in [2.05, 4.69) is 10.6 Å².